The van der Waals surface area contributed by atoms with Crippen molar-refractivity contribution in [2.24, 2.45) is 0 Å². The number of amides is 1. The maximum atomic E-state index is 12.7. The maximum Gasteiger partial charge on any atom is 0.251 e. The smallest absolute Gasteiger partial charge is 0.251 e. The van der Waals surface area contributed by atoms with Gasteiger partial charge in [0.25, 0.3) is 5.91 Å². The van der Waals surface area contributed by atoms with Crippen molar-refractivity contribution in [2.75, 3.05) is 23.8 Å². The fourth-order valence-electron chi connectivity index (χ4n) is 4.13. The molecule has 172 valence electrons. The van der Waals surface area contributed by atoms with Gasteiger partial charge >= 0.3 is 0 Å². The highest BCUT2D eigenvalue weighted by Gasteiger charge is 2.25. The molecule has 4 rings (SSSR count). The summed E-state index contributed by atoms with van der Waals surface area (Å²) in [6.07, 6.45) is 2.89. The van der Waals surface area contributed by atoms with Crippen LogP contribution in [0.5, 0.6) is 0 Å². The summed E-state index contributed by atoms with van der Waals surface area (Å²) in [6.45, 7) is -0.203. The van der Waals surface area contributed by atoms with Crippen LogP contribution in [0.2, 0.25) is 0 Å². The molecule has 1 saturated heterocycles. The van der Waals surface area contributed by atoms with E-state index in [9.17, 15) is 18.3 Å². The molecule has 3 aromatic rings. The van der Waals surface area contributed by atoms with Crippen molar-refractivity contribution in [2.45, 2.75) is 24.8 Å². The molecule has 0 radical (unpaired) electrons. The van der Waals surface area contributed by atoms with Crippen molar-refractivity contribution in [3.63, 3.8) is 0 Å². The van der Waals surface area contributed by atoms with Crippen molar-refractivity contribution in [1.82, 2.24) is 10.3 Å². The standard InChI is InChI=1S/C25H27N3O4S/c26-24-22(14-21(15-27-24)17-10-12-33(31,32)13-11-17)18-6-8-20(9-7-18)25(30)28-23(16-29)19-4-2-1-3-5-19/h1-9,14-15,17,23,29H,10-13,16H2,(H2,26,27)(H,28,30)/t23-/m1/s1. The van der Waals surface area contributed by atoms with Crippen LogP contribution in [0.3, 0.4) is 0 Å². The number of anilines is 1. The van der Waals surface area contributed by atoms with Crippen LogP contribution in [0, 0.1) is 0 Å². The van der Waals surface area contributed by atoms with Gasteiger partial charge in [-0.1, -0.05) is 42.5 Å². The van der Waals surface area contributed by atoms with Gasteiger partial charge in [-0.15, -0.1) is 0 Å². The molecule has 0 spiro atoms. The summed E-state index contributed by atoms with van der Waals surface area (Å²) in [7, 11) is -2.93. The molecule has 0 saturated carbocycles. The second-order valence-electron chi connectivity index (χ2n) is 8.32. The Morgan fingerprint density at radius 3 is 2.39 bits per heavy atom. The van der Waals surface area contributed by atoms with E-state index in [1.54, 1.807) is 18.3 Å². The number of carbonyl (C=O) groups is 1. The predicted octanol–water partition coefficient (Wildman–Crippen LogP) is 3.09. The topological polar surface area (TPSA) is 122 Å². The number of sulfone groups is 1. The fourth-order valence-corrected chi connectivity index (χ4v) is 5.62. The first kappa shape index (κ1) is 22.9. The molecule has 0 bridgehead atoms. The van der Waals surface area contributed by atoms with Gasteiger partial charge in [0.15, 0.2) is 0 Å². The minimum absolute atomic E-state index is 0.138. The first-order valence-electron chi connectivity index (χ1n) is 10.9. The minimum Gasteiger partial charge on any atom is -0.394 e. The number of rotatable bonds is 6. The lowest BCUT2D eigenvalue weighted by Crippen LogP contribution is -2.30. The first-order chi connectivity index (χ1) is 15.9. The summed E-state index contributed by atoms with van der Waals surface area (Å²) in [5.74, 6) is 0.619. The Morgan fingerprint density at radius 2 is 1.76 bits per heavy atom. The van der Waals surface area contributed by atoms with E-state index in [0.29, 0.717) is 24.2 Å². The number of hydrogen-bond donors (Lipinski definition) is 3. The number of nitrogen functional groups attached to an aromatic ring is 1. The van der Waals surface area contributed by atoms with Crippen LogP contribution in [-0.2, 0) is 9.84 Å². The lowest BCUT2D eigenvalue weighted by Gasteiger charge is -2.22. The number of pyridine rings is 1. The lowest BCUT2D eigenvalue weighted by molar-refractivity contribution is 0.0916. The Labute approximate surface area is 193 Å². The van der Waals surface area contributed by atoms with Gasteiger partial charge in [0.2, 0.25) is 0 Å². The first-order valence-corrected chi connectivity index (χ1v) is 12.7. The molecule has 1 amide bonds. The average molecular weight is 466 g/mol. The van der Waals surface area contributed by atoms with Crippen molar-refractivity contribution >= 4 is 21.6 Å². The van der Waals surface area contributed by atoms with E-state index in [0.717, 1.165) is 22.3 Å². The summed E-state index contributed by atoms with van der Waals surface area (Å²) < 4.78 is 23.5. The Morgan fingerprint density at radius 1 is 1.09 bits per heavy atom. The summed E-state index contributed by atoms with van der Waals surface area (Å²) >= 11 is 0. The Hall–Kier alpha value is -3.23. The van der Waals surface area contributed by atoms with Gasteiger partial charge in [0.05, 0.1) is 24.2 Å². The second kappa shape index (κ2) is 9.72. The molecule has 1 fully saturated rings. The van der Waals surface area contributed by atoms with Crippen LogP contribution in [-0.4, -0.2) is 42.5 Å². The van der Waals surface area contributed by atoms with Crippen LogP contribution < -0.4 is 11.1 Å². The van der Waals surface area contributed by atoms with Crippen LogP contribution in [0.15, 0.2) is 66.9 Å². The third-order valence-electron chi connectivity index (χ3n) is 6.11. The van der Waals surface area contributed by atoms with Gasteiger partial charge < -0.3 is 16.2 Å². The molecular weight excluding hydrogens is 438 g/mol. The van der Waals surface area contributed by atoms with Crippen LogP contribution in [0.4, 0.5) is 5.82 Å². The molecule has 0 unspecified atom stereocenters. The molecule has 8 heteroatoms. The highest BCUT2D eigenvalue weighted by molar-refractivity contribution is 7.91. The van der Waals surface area contributed by atoms with Gasteiger partial charge in [-0.05, 0) is 53.6 Å². The molecule has 1 aliphatic rings. The number of nitrogens with zero attached hydrogens (tertiary/aromatic N) is 1. The number of aliphatic hydroxyl groups excluding tert-OH is 1. The minimum atomic E-state index is -2.93. The molecule has 1 atom stereocenters. The van der Waals surface area contributed by atoms with Gasteiger partial charge in [0, 0.05) is 17.3 Å². The van der Waals surface area contributed by atoms with Crippen molar-refractivity contribution in [3.05, 3.63) is 83.6 Å². The third-order valence-corrected chi connectivity index (χ3v) is 7.83. The second-order valence-corrected chi connectivity index (χ2v) is 10.6. The van der Waals surface area contributed by atoms with E-state index >= 15 is 0 Å². The van der Waals surface area contributed by atoms with Crippen molar-refractivity contribution in [1.29, 1.82) is 0 Å². The highest BCUT2D eigenvalue weighted by Crippen LogP contribution is 2.33. The number of hydrogen-bond acceptors (Lipinski definition) is 6. The molecule has 33 heavy (non-hydrogen) atoms. The zero-order chi connectivity index (χ0) is 23.4. The van der Waals surface area contributed by atoms with Crippen LogP contribution in [0.25, 0.3) is 11.1 Å². The Kier molecular flexibility index (Phi) is 6.76. The van der Waals surface area contributed by atoms with E-state index in [1.807, 2.05) is 48.5 Å². The fraction of sp³-hybridized carbons (Fsp3) is 0.280. The van der Waals surface area contributed by atoms with Crippen LogP contribution in [0.1, 0.15) is 46.3 Å². The maximum absolute atomic E-state index is 12.7. The Balaban J connectivity index is 1.50. The van der Waals surface area contributed by atoms with Gasteiger partial charge in [-0.2, -0.15) is 0 Å². The number of benzene rings is 2. The average Bonchev–Trinajstić information content (AvgIpc) is 2.83. The van der Waals surface area contributed by atoms with E-state index in [1.165, 1.54) is 0 Å². The predicted molar refractivity (Wildman–Crippen MR) is 128 cm³/mol. The monoisotopic (exact) mass is 465 g/mol. The van der Waals surface area contributed by atoms with Gasteiger partial charge in [-0.25, -0.2) is 13.4 Å². The van der Waals surface area contributed by atoms with Crippen molar-refractivity contribution < 1.29 is 18.3 Å². The molecule has 2 heterocycles. The summed E-state index contributed by atoms with van der Waals surface area (Å²) in [4.78, 5) is 17.0. The van der Waals surface area contributed by atoms with E-state index in [4.69, 9.17) is 5.73 Å². The van der Waals surface area contributed by atoms with Gasteiger partial charge in [-0.3, -0.25) is 4.79 Å². The van der Waals surface area contributed by atoms with Gasteiger partial charge in [0.1, 0.15) is 15.7 Å². The molecule has 2 aromatic carbocycles. The quantitative estimate of drug-likeness (QED) is 0.514. The zero-order valence-electron chi connectivity index (χ0n) is 18.1. The molecular formula is C25H27N3O4S. The van der Waals surface area contributed by atoms with E-state index < -0.39 is 15.9 Å². The molecule has 1 aliphatic heterocycles. The summed E-state index contributed by atoms with van der Waals surface area (Å²) in [5, 5.41) is 12.5. The number of aliphatic hydroxyl groups is 1. The highest BCUT2D eigenvalue weighted by atomic mass is 32.2. The third kappa shape index (κ3) is 5.40. The number of nitrogens with one attached hydrogen (secondary N) is 1. The molecule has 4 N–H and O–H groups in total. The lowest BCUT2D eigenvalue weighted by atomic mass is 9.92. The Bertz CT molecular complexity index is 1210. The number of nitrogens with two attached hydrogens (primary N) is 1. The summed E-state index contributed by atoms with van der Waals surface area (Å²) in [5.41, 5.74) is 9.98. The molecule has 7 nitrogen and oxygen atoms in total. The van der Waals surface area contributed by atoms with Crippen LogP contribution >= 0.6 is 0 Å². The zero-order valence-corrected chi connectivity index (χ0v) is 19.0. The van der Waals surface area contributed by atoms with E-state index in [-0.39, 0.29) is 29.9 Å². The SMILES string of the molecule is Nc1ncc(C2CCS(=O)(=O)CC2)cc1-c1ccc(C(=O)N[C@H](CO)c2ccccc2)cc1. The molecule has 0 aliphatic carbocycles. The number of aromatic nitrogens is 1. The largest absolute Gasteiger partial charge is 0.394 e. The molecule has 1 aromatic heterocycles. The number of carbonyl (C=O) groups excluding carboxylic acids is 1. The summed E-state index contributed by atoms with van der Waals surface area (Å²) in [6, 6.07) is 17.8. The van der Waals surface area contributed by atoms with Crippen molar-refractivity contribution in [3.8, 4) is 11.1 Å². The normalized spacial score (nSPS) is 16.8. The van der Waals surface area contributed by atoms with E-state index in [2.05, 4.69) is 10.3 Å².